The van der Waals surface area contributed by atoms with Crippen LogP contribution < -0.4 is 10.6 Å². The molecule has 2 N–H and O–H groups in total. The monoisotopic (exact) mass is 426 g/mol. The van der Waals surface area contributed by atoms with Crippen molar-refractivity contribution in [1.29, 1.82) is 0 Å². The van der Waals surface area contributed by atoms with Gasteiger partial charge in [0.05, 0.1) is 5.69 Å². The summed E-state index contributed by atoms with van der Waals surface area (Å²) in [4.78, 5) is 20.3. The molecule has 7 nitrogen and oxygen atoms in total. The van der Waals surface area contributed by atoms with E-state index in [1.807, 2.05) is 5.32 Å². The first kappa shape index (κ1) is 21.1. The van der Waals surface area contributed by atoms with E-state index in [-0.39, 0.29) is 28.7 Å². The van der Waals surface area contributed by atoms with Crippen LogP contribution in [0.5, 0.6) is 0 Å². The fourth-order valence-corrected chi connectivity index (χ4v) is 2.47. The van der Waals surface area contributed by atoms with Gasteiger partial charge in [-0.3, -0.25) is 9.48 Å². The van der Waals surface area contributed by atoms with Crippen molar-refractivity contribution < 1.29 is 26.7 Å². The summed E-state index contributed by atoms with van der Waals surface area (Å²) < 4.78 is 65.7. The summed E-state index contributed by atoms with van der Waals surface area (Å²) in [5, 5.41) is 8.58. The molecule has 0 saturated heterocycles. The molecule has 0 saturated carbocycles. The van der Waals surface area contributed by atoms with Crippen molar-refractivity contribution in [1.82, 2.24) is 25.1 Å². The van der Waals surface area contributed by atoms with Gasteiger partial charge in [-0.1, -0.05) is 0 Å². The number of hydrogen-bond acceptors (Lipinski definition) is 5. The largest absolute Gasteiger partial charge is 0.408 e. The molecule has 0 aliphatic carbocycles. The Kier molecular flexibility index (Phi) is 5.67. The zero-order valence-corrected chi connectivity index (χ0v) is 15.6. The molecule has 2 heterocycles. The Hall–Kier alpha value is -3.57. The molecule has 1 aromatic carbocycles. The number of aromatic nitrogens is 4. The lowest BCUT2D eigenvalue weighted by Gasteiger charge is -2.16. The molecule has 3 rings (SSSR count). The van der Waals surface area contributed by atoms with Crippen LogP contribution in [0, 0.1) is 11.6 Å². The summed E-state index contributed by atoms with van der Waals surface area (Å²) in [7, 11) is 1.40. The summed E-state index contributed by atoms with van der Waals surface area (Å²) in [6.45, 7) is 0.826. The number of halogens is 5. The van der Waals surface area contributed by atoms with Crippen molar-refractivity contribution >= 4 is 17.5 Å². The zero-order chi connectivity index (χ0) is 22.1. The molecule has 1 unspecified atom stereocenters. The maximum atomic E-state index is 13.3. The minimum atomic E-state index is -4.58. The van der Waals surface area contributed by atoms with Gasteiger partial charge in [0.1, 0.15) is 29.1 Å². The quantitative estimate of drug-likeness (QED) is 0.610. The highest BCUT2D eigenvalue weighted by atomic mass is 19.4. The van der Waals surface area contributed by atoms with Crippen LogP contribution in [0.4, 0.5) is 33.6 Å². The van der Waals surface area contributed by atoms with Gasteiger partial charge in [-0.05, 0) is 31.2 Å². The molecule has 0 spiro atoms. The predicted octanol–water partition coefficient (Wildman–Crippen LogP) is 3.58. The van der Waals surface area contributed by atoms with Crippen LogP contribution in [0.25, 0.3) is 11.4 Å². The van der Waals surface area contributed by atoms with Gasteiger partial charge in [0.15, 0.2) is 0 Å². The molecule has 0 fully saturated rings. The second kappa shape index (κ2) is 8.05. The molecule has 2 aromatic heterocycles. The number of hydrogen-bond donors (Lipinski definition) is 2. The van der Waals surface area contributed by atoms with E-state index in [0.29, 0.717) is 6.07 Å². The Morgan fingerprint density at radius 3 is 2.40 bits per heavy atom. The predicted molar refractivity (Wildman–Crippen MR) is 96.9 cm³/mol. The molecule has 30 heavy (non-hydrogen) atoms. The van der Waals surface area contributed by atoms with Crippen LogP contribution in [0.3, 0.4) is 0 Å². The van der Waals surface area contributed by atoms with Gasteiger partial charge >= 0.3 is 6.18 Å². The minimum Gasteiger partial charge on any atom is -0.339 e. The Morgan fingerprint density at radius 1 is 1.10 bits per heavy atom. The summed E-state index contributed by atoms with van der Waals surface area (Å²) in [6, 6.07) is 3.49. The third kappa shape index (κ3) is 4.88. The number of rotatable bonds is 5. The van der Waals surface area contributed by atoms with Crippen molar-refractivity contribution in [3.8, 4) is 11.4 Å². The molecule has 0 bridgehead atoms. The second-order valence-electron chi connectivity index (χ2n) is 6.32. The number of amides is 1. The fraction of sp³-hybridized carbons (Fsp3) is 0.222. The Labute approximate surface area is 167 Å². The lowest BCUT2D eigenvalue weighted by atomic mass is 10.2. The first-order valence-corrected chi connectivity index (χ1v) is 8.51. The van der Waals surface area contributed by atoms with Gasteiger partial charge in [0, 0.05) is 25.0 Å². The number of nitrogens with zero attached hydrogens (tertiary/aromatic N) is 4. The SMILES string of the molecule is CC(NC(=O)c1cc(-c2ccnc(Nc3cc(F)cc(F)c3)n2)nn1C)C(F)(F)F. The van der Waals surface area contributed by atoms with Gasteiger partial charge in [-0.25, -0.2) is 18.7 Å². The third-order valence-corrected chi connectivity index (χ3v) is 3.99. The fourth-order valence-electron chi connectivity index (χ4n) is 2.47. The average molecular weight is 426 g/mol. The topological polar surface area (TPSA) is 84.7 Å². The van der Waals surface area contributed by atoms with E-state index in [4.69, 9.17) is 0 Å². The standard InChI is InChI=1S/C18H15F5N6O/c1-9(18(21,22)23)25-16(30)15-8-14(28-29(15)2)13-3-4-24-17(27-13)26-12-6-10(19)5-11(20)7-12/h3-9H,1-2H3,(H,25,30)(H,24,26,27). The number of anilines is 2. The van der Waals surface area contributed by atoms with Gasteiger partial charge in [-0.2, -0.15) is 18.3 Å². The third-order valence-electron chi connectivity index (χ3n) is 3.99. The molecule has 3 aromatic rings. The number of alkyl halides is 3. The molecule has 1 atom stereocenters. The number of carbonyl (C=O) groups excluding carboxylic acids is 1. The lowest BCUT2D eigenvalue weighted by molar-refractivity contribution is -0.149. The average Bonchev–Trinajstić information content (AvgIpc) is 3.02. The molecule has 158 valence electrons. The number of carbonyl (C=O) groups is 1. The maximum Gasteiger partial charge on any atom is 0.408 e. The van der Waals surface area contributed by atoms with Crippen LogP contribution in [-0.2, 0) is 7.05 Å². The molecule has 0 aliphatic rings. The lowest BCUT2D eigenvalue weighted by Crippen LogP contribution is -2.43. The first-order chi connectivity index (χ1) is 14.0. The minimum absolute atomic E-state index is 0.000141. The van der Waals surface area contributed by atoms with Gasteiger partial charge in [0.25, 0.3) is 5.91 Å². The summed E-state index contributed by atoms with van der Waals surface area (Å²) in [5.41, 5.74) is 0.398. The van der Waals surface area contributed by atoms with Crippen LogP contribution in [0.15, 0.2) is 36.5 Å². The van der Waals surface area contributed by atoms with Crippen molar-refractivity contribution in [2.45, 2.75) is 19.1 Å². The summed E-state index contributed by atoms with van der Waals surface area (Å²) in [5.74, 6) is -2.53. The van der Waals surface area contributed by atoms with Crippen molar-refractivity contribution in [3.05, 3.63) is 53.9 Å². The van der Waals surface area contributed by atoms with Gasteiger partial charge in [-0.15, -0.1) is 0 Å². The number of aryl methyl sites for hydroxylation is 1. The summed E-state index contributed by atoms with van der Waals surface area (Å²) >= 11 is 0. The second-order valence-corrected chi connectivity index (χ2v) is 6.32. The van der Waals surface area contributed by atoms with Gasteiger partial charge < -0.3 is 10.6 Å². The van der Waals surface area contributed by atoms with E-state index < -0.39 is 29.8 Å². The Bertz CT molecular complexity index is 1060. The van der Waals surface area contributed by atoms with Crippen LogP contribution in [0.2, 0.25) is 0 Å². The molecular weight excluding hydrogens is 411 g/mol. The van der Waals surface area contributed by atoms with Gasteiger partial charge in [0.2, 0.25) is 5.95 Å². The Balaban J connectivity index is 1.82. The van der Waals surface area contributed by atoms with E-state index >= 15 is 0 Å². The van der Waals surface area contributed by atoms with E-state index in [9.17, 15) is 26.7 Å². The van der Waals surface area contributed by atoms with E-state index in [2.05, 4.69) is 20.4 Å². The first-order valence-electron chi connectivity index (χ1n) is 8.51. The molecule has 12 heteroatoms. The highest BCUT2D eigenvalue weighted by molar-refractivity contribution is 5.93. The van der Waals surface area contributed by atoms with Crippen molar-refractivity contribution in [2.24, 2.45) is 7.05 Å². The molecular formula is C18H15F5N6O. The highest BCUT2D eigenvalue weighted by Gasteiger charge is 2.37. The summed E-state index contributed by atoms with van der Waals surface area (Å²) in [6.07, 6.45) is -3.23. The Morgan fingerprint density at radius 2 is 1.77 bits per heavy atom. The molecule has 0 radical (unpaired) electrons. The van der Waals surface area contributed by atoms with Crippen molar-refractivity contribution in [3.63, 3.8) is 0 Å². The van der Waals surface area contributed by atoms with Crippen LogP contribution in [0.1, 0.15) is 17.4 Å². The number of benzene rings is 1. The zero-order valence-electron chi connectivity index (χ0n) is 15.6. The highest BCUT2D eigenvalue weighted by Crippen LogP contribution is 2.22. The van der Waals surface area contributed by atoms with E-state index in [1.54, 1.807) is 0 Å². The van der Waals surface area contributed by atoms with Crippen LogP contribution >= 0.6 is 0 Å². The van der Waals surface area contributed by atoms with Crippen molar-refractivity contribution in [2.75, 3.05) is 5.32 Å². The van der Waals surface area contributed by atoms with Crippen LogP contribution in [-0.4, -0.2) is 37.9 Å². The van der Waals surface area contributed by atoms with E-state index in [1.165, 1.54) is 25.4 Å². The smallest absolute Gasteiger partial charge is 0.339 e. The van der Waals surface area contributed by atoms with E-state index in [0.717, 1.165) is 23.7 Å². The molecule has 0 aliphatic heterocycles. The maximum absolute atomic E-state index is 13.3. The normalized spacial score (nSPS) is 12.5. The number of nitrogens with one attached hydrogen (secondary N) is 2. The molecule has 1 amide bonds.